The average Bonchev–Trinajstić information content (AvgIpc) is 3.69. The number of rotatable bonds is 8. The van der Waals surface area contributed by atoms with Crippen molar-refractivity contribution in [2.24, 2.45) is 34.0 Å². The molecule has 3 saturated carbocycles. The van der Waals surface area contributed by atoms with E-state index >= 15 is 0 Å². The third-order valence-electron chi connectivity index (χ3n) is 12.7. The number of ether oxygens (including phenoxy) is 1. The summed E-state index contributed by atoms with van der Waals surface area (Å²) in [7, 11) is 0. The molecule has 2 bridgehead atoms. The third kappa shape index (κ3) is 5.98. The van der Waals surface area contributed by atoms with E-state index in [-0.39, 0.29) is 40.7 Å². The summed E-state index contributed by atoms with van der Waals surface area (Å²) in [4.78, 5) is 32.1. The first-order valence-electron chi connectivity index (χ1n) is 17.6. The van der Waals surface area contributed by atoms with E-state index in [2.05, 4.69) is 86.6 Å². The lowest BCUT2D eigenvalue weighted by molar-refractivity contribution is -0.686. The zero-order chi connectivity index (χ0) is 34.6. The van der Waals surface area contributed by atoms with Gasteiger partial charge in [0.05, 0.1) is 17.4 Å². The molecule has 0 saturated heterocycles. The number of carbonyl (C=O) groups excluding carboxylic acids is 2. The average molecular weight is 696 g/mol. The number of ketones is 1. The number of hydrogen-bond acceptors (Lipinski definition) is 7. The van der Waals surface area contributed by atoms with E-state index in [1.807, 2.05) is 31.3 Å². The van der Waals surface area contributed by atoms with Gasteiger partial charge in [-0.2, -0.15) is 4.57 Å². The number of thioether (sulfide) groups is 1. The van der Waals surface area contributed by atoms with Crippen LogP contribution in [0.15, 0.2) is 90.1 Å². The molecule has 0 aliphatic heterocycles. The van der Waals surface area contributed by atoms with E-state index in [4.69, 9.17) is 9.72 Å². The molecule has 0 amide bonds. The van der Waals surface area contributed by atoms with Crippen LogP contribution in [0.5, 0.6) is 0 Å². The molecular formula is C41H47N2O4S2+. The number of aliphatic hydroxyl groups is 1. The molecule has 3 aliphatic rings. The lowest BCUT2D eigenvalue weighted by Crippen LogP contribution is -2.63. The molecule has 3 fully saturated rings. The van der Waals surface area contributed by atoms with E-state index in [0.717, 1.165) is 40.4 Å². The first kappa shape index (κ1) is 34.1. The summed E-state index contributed by atoms with van der Waals surface area (Å²) in [6, 6.07) is 21.1. The quantitative estimate of drug-likeness (QED) is 0.0865. The van der Waals surface area contributed by atoms with Crippen molar-refractivity contribution in [1.82, 2.24) is 4.98 Å². The second-order valence-corrected chi connectivity index (χ2v) is 17.5. The van der Waals surface area contributed by atoms with E-state index in [1.54, 1.807) is 11.3 Å². The zero-order valence-corrected chi connectivity index (χ0v) is 30.6. The first-order chi connectivity index (χ1) is 23.5. The molecule has 8 heteroatoms. The van der Waals surface area contributed by atoms with Gasteiger partial charge >= 0.3 is 5.97 Å². The smallest absolute Gasteiger partial charge is 0.316 e. The van der Waals surface area contributed by atoms with E-state index in [1.165, 1.54) is 28.5 Å². The standard InChI is InChI=1S/C41H47N2O4S2/c1-6-39(4)22-34(40(5)26(2)16-19-41(27(3)37(39)46)20-17-32(44)36(40)41)47-35(45)25-48-38-42-31-18-21-43(24-33(31)49-38)23-28-12-14-30(15-13-28)29-10-8-7-9-11-29/h6-15,18,21,24,26-27,34,36-37,46H,1,16-17,19-20,22-23,25H2,2-5H3/q+1/t26-,27+,34-,36+,37+,39-,40+,41+/m1/s1. The molecule has 0 unspecified atom stereocenters. The summed E-state index contributed by atoms with van der Waals surface area (Å²) in [5, 5.41) is 11.8. The Balaban J connectivity index is 1.06. The number of nitrogens with zero attached hydrogens (tertiary/aromatic N) is 2. The summed E-state index contributed by atoms with van der Waals surface area (Å²) in [6.45, 7) is 13.4. The maximum atomic E-state index is 13.7. The van der Waals surface area contributed by atoms with Crippen molar-refractivity contribution in [3.8, 4) is 11.1 Å². The molecule has 49 heavy (non-hydrogen) atoms. The molecular weight excluding hydrogens is 649 g/mol. The van der Waals surface area contributed by atoms with Gasteiger partial charge in [-0.25, -0.2) is 4.98 Å². The number of esters is 1. The van der Waals surface area contributed by atoms with Crippen molar-refractivity contribution in [3.63, 3.8) is 0 Å². The van der Waals surface area contributed by atoms with Crippen LogP contribution in [0, 0.1) is 34.0 Å². The van der Waals surface area contributed by atoms with Crippen molar-refractivity contribution < 1.29 is 24.0 Å². The monoisotopic (exact) mass is 695 g/mol. The maximum Gasteiger partial charge on any atom is 0.316 e. The molecule has 8 atom stereocenters. The normalized spacial score (nSPS) is 32.7. The number of carbonyl (C=O) groups is 2. The maximum absolute atomic E-state index is 13.7. The number of aliphatic hydroxyl groups excluding tert-OH is 1. The van der Waals surface area contributed by atoms with Crippen LogP contribution >= 0.6 is 23.1 Å². The Hall–Kier alpha value is -3.33. The molecule has 4 aromatic rings. The minimum atomic E-state index is -0.675. The Morgan fingerprint density at radius 2 is 1.84 bits per heavy atom. The fraction of sp³-hybridized carbons (Fsp3) is 0.463. The highest BCUT2D eigenvalue weighted by Gasteiger charge is 2.68. The number of Topliss-reactive ketones (excluding diaryl/α,β-unsaturated/α-hetero) is 1. The van der Waals surface area contributed by atoms with Crippen molar-refractivity contribution in [2.75, 3.05) is 5.75 Å². The van der Waals surface area contributed by atoms with Crippen molar-refractivity contribution >= 4 is 45.1 Å². The Labute approximate surface area is 298 Å². The highest BCUT2D eigenvalue weighted by molar-refractivity contribution is 8.01. The largest absolute Gasteiger partial charge is 0.461 e. The Bertz CT molecular complexity index is 1880. The van der Waals surface area contributed by atoms with Crippen LogP contribution in [0.25, 0.3) is 21.3 Å². The van der Waals surface area contributed by atoms with E-state index in [0.29, 0.717) is 12.8 Å². The predicted octanol–water partition coefficient (Wildman–Crippen LogP) is 8.30. The SMILES string of the molecule is C=C[C@]1(C)C[C@@H](OC(=O)CSc2nc3cc[n+](Cc4ccc(-c5ccccc5)cc4)cc3s2)[C@]2(C)[C@H](C)CC[C@]3(CCC(=O)[C@H]32)[C@@H](C)[C@@H]1O. The van der Waals surface area contributed by atoms with Crippen LogP contribution < -0.4 is 4.57 Å². The first-order valence-corrected chi connectivity index (χ1v) is 19.4. The molecule has 0 radical (unpaired) electrons. The molecule has 2 aromatic carbocycles. The van der Waals surface area contributed by atoms with Gasteiger partial charge in [0.25, 0.3) is 0 Å². The van der Waals surface area contributed by atoms with Crippen molar-refractivity contribution in [3.05, 3.63) is 91.3 Å². The van der Waals surface area contributed by atoms with Gasteiger partial charge in [0.2, 0.25) is 0 Å². The molecule has 7 rings (SSSR count). The summed E-state index contributed by atoms with van der Waals surface area (Å²) in [6.07, 6.45) is 8.46. The Morgan fingerprint density at radius 1 is 1.10 bits per heavy atom. The number of fused-ring (bicyclic) bond motifs is 1. The van der Waals surface area contributed by atoms with Gasteiger partial charge in [0, 0.05) is 34.8 Å². The predicted molar refractivity (Wildman–Crippen MR) is 196 cm³/mol. The third-order valence-corrected chi connectivity index (χ3v) is 14.8. The van der Waals surface area contributed by atoms with Gasteiger partial charge in [-0.1, -0.05) is 100 Å². The molecule has 0 spiro atoms. The fourth-order valence-electron chi connectivity index (χ4n) is 9.51. The number of benzene rings is 2. The second-order valence-electron chi connectivity index (χ2n) is 15.3. The van der Waals surface area contributed by atoms with Gasteiger partial charge in [0.1, 0.15) is 16.6 Å². The van der Waals surface area contributed by atoms with Crippen LogP contribution in [0.3, 0.4) is 0 Å². The van der Waals surface area contributed by atoms with Gasteiger partial charge in [-0.3, -0.25) is 9.59 Å². The molecule has 3 aliphatic carbocycles. The molecule has 1 N–H and O–H groups in total. The topological polar surface area (TPSA) is 80.4 Å². The summed E-state index contributed by atoms with van der Waals surface area (Å²) >= 11 is 2.98. The zero-order valence-electron chi connectivity index (χ0n) is 28.9. The highest BCUT2D eigenvalue weighted by Crippen LogP contribution is 2.68. The Morgan fingerprint density at radius 3 is 2.57 bits per heavy atom. The summed E-state index contributed by atoms with van der Waals surface area (Å²) < 4.78 is 10.5. The van der Waals surface area contributed by atoms with Crippen LogP contribution in [0.2, 0.25) is 0 Å². The van der Waals surface area contributed by atoms with Gasteiger partial charge in [-0.05, 0) is 54.1 Å². The van der Waals surface area contributed by atoms with Crippen molar-refractivity contribution in [2.45, 2.75) is 82.9 Å². The van der Waals surface area contributed by atoms with Gasteiger partial charge < -0.3 is 9.84 Å². The minimum Gasteiger partial charge on any atom is -0.461 e. The number of aromatic nitrogens is 2. The fourth-order valence-corrected chi connectivity index (χ4v) is 11.4. The van der Waals surface area contributed by atoms with Crippen LogP contribution in [-0.4, -0.2) is 39.8 Å². The number of thiazole rings is 1. The van der Waals surface area contributed by atoms with Crippen molar-refractivity contribution in [1.29, 1.82) is 0 Å². The van der Waals surface area contributed by atoms with Gasteiger partial charge in [-0.15, -0.1) is 17.9 Å². The number of hydrogen-bond donors (Lipinski definition) is 1. The van der Waals surface area contributed by atoms with E-state index in [9.17, 15) is 14.7 Å². The lowest BCUT2D eigenvalue weighted by atomic mass is 9.44. The molecule has 2 aromatic heterocycles. The highest BCUT2D eigenvalue weighted by atomic mass is 32.2. The molecule has 256 valence electrons. The molecule has 6 nitrogen and oxygen atoms in total. The summed E-state index contributed by atoms with van der Waals surface area (Å²) in [5.74, 6) is -0.000978. The van der Waals surface area contributed by atoms with Crippen LogP contribution in [-0.2, 0) is 20.9 Å². The molecule has 2 heterocycles. The second kappa shape index (κ2) is 13.1. The van der Waals surface area contributed by atoms with Crippen LogP contribution in [0.1, 0.15) is 65.4 Å². The number of pyridine rings is 1. The summed E-state index contributed by atoms with van der Waals surface area (Å²) in [5.41, 5.74) is 3.08. The minimum absolute atomic E-state index is 0.0520. The van der Waals surface area contributed by atoms with Gasteiger partial charge in [0.15, 0.2) is 23.3 Å². The lowest BCUT2D eigenvalue weighted by Gasteiger charge is -2.61. The van der Waals surface area contributed by atoms with E-state index < -0.39 is 23.0 Å². The Kier molecular flexibility index (Phi) is 9.12. The van der Waals surface area contributed by atoms with Crippen LogP contribution in [0.4, 0.5) is 0 Å².